The number of carboxylic acid groups (broad SMARTS) is 1. The fourth-order valence-corrected chi connectivity index (χ4v) is 1.42. The fraction of sp³-hybridized carbons (Fsp3) is 0.889. The van der Waals surface area contributed by atoms with Crippen LogP contribution in [0.3, 0.4) is 0 Å². The van der Waals surface area contributed by atoms with Crippen molar-refractivity contribution >= 4 is 5.97 Å². The summed E-state index contributed by atoms with van der Waals surface area (Å²) in [6.45, 7) is 8.38. The fourth-order valence-electron chi connectivity index (χ4n) is 1.42. The molecule has 0 aromatic rings. The van der Waals surface area contributed by atoms with E-state index in [0.717, 1.165) is 6.42 Å². The van der Waals surface area contributed by atoms with Crippen molar-refractivity contribution in [1.29, 1.82) is 0 Å². The van der Waals surface area contributed by atoms with Gasteiger partial charge in [-0.05, 0) is 17.8 Å². The van der Waals surface area contributed by atoms with Gasteiger partial charge in [-0.1, -0.05) is 27.7 Å². The van der Waals surface area contributed by atoms with Crippen LogP contribution in [0.2, 0.25) is 0 Å². The lowest BCUT2D eigenvalue weighted by molar-refractivity contribution is -0.138. The monoisotopic (exact) mass is 158 g/mol. The zero-order chi connectivity index (χ0) is 9.07. The van der Waals surface area contributed by atoms with E-state index in [1.165, 1.54) is 0 Å². The van der Waals surface area contributed by atoms with Crippen molar-refractivity contribution in [3.8, 4) is 0 Å². The van der Waals surface area contributed by atoms with Crippen molar-refractivity contribution in [1.82, 2.24) is 0 Å². The third-order valence-corrected chi connectivity index (χ3v) is 1.48. The van der Waals surface area contributed by atoms with E-state index in [1.807, 2.05) is 6.92 Å². The number of carbonyl (C=O) groups is 1. The second-order valence-corrected chi connectivity index (χ2v) is 4.47. The highest BCUT2D eigenvalue weighted by molar-refractivity contribution is 5.66. The van der Waals surface area contributed by atoms with Gasteiger partial charge in [-0.25, -0.2) is 0 Å². The first-order valence-electron chi connectivity index (χ1n) is 4.03. The average Bonchev–Trinajstić information content (AvgIpc) is 1.53. The Hall–Kier alpha value is -0.530. The highest BCUT2D eigenvalue weighted by Crippen LogP contribution is 2.25. The van der Waals surface area contributed by atoms with Crippen molar-refractivity contribution in [2.45, 2.75) is 40.5 Å². The number of carboxylic acids is 1. The van der Waals surface area contributed by atoms with Crippen LogP contribution in [0.1, 0.15) is 40.5 Å². The summed E-state index contributed by atoms with van der Waals surface area (Å²) in [5.41, 5.74) is 0.245. The van der Waals surface area contributed by atoms with Gasteiger partial charge < -0.3 is 5.11 Å². The number of hydrogen-bond donors (Lipinski definition) is 1. The molecule has 0 bridgehead atoms. The van der Waals surface area contributed by atoms with E-state index < -0.39 is 5.97 Å². The van der Waals surface area contributed by atoms with E-state index in [-0.39, 0.29) is 17.8 Å². The lowest BCUT2D eigenvalue weighted by Crippen LogP contribution is -2.13. The SMILES string of the molecule is C[C@H](CC(=O)O)CC(C)(C)C. The minimum atomic E-state index is -0.693. The summed E-state index contributed by atoms with van der Waals surface area (Å²) in [6, 6.07) is 0. The normalized spacial score (nSPS) is 14.5. The Morgan fingerprint density at radius 2 is 1.91 bits per heavy atom. The molecule has 0 saturated carbocycles. The lowest BCUT2D eigenvalue weighted by atomic mass is 9.84. The molecule has 0 spiro atoms. The lowest BCUT2D eigenvalue weighted by Gasteiger charge is -2.21. The minimum Gasteiger partial charge on any atom is -0.481 e. The summed E-state index contributed by atoms with van der Waals surface area (Å²) in [6.07, 6.45) is 1.26. The summed E-state index contributed by atoms with van der Waals surface area (Å²) >= 11 is 0. The first-order valence-corrected chi connectivity index (χ1v) is 4.03. The molecule has 0 fully saturated rings. The zero-order valence-corrected chi connectivity index (χ0v) is 7.85. The molecule has 0 heterocycles. The molecule has 2 heteroatoms. The Balaban J connectivity index is 3.69. The van der Waals surface area contributed by atoms with Crippen LogP contribution in [0.4, 0.5) is 0 Å². The molecule has 0 aliphatic heterocycles. The van der Waals surface area contributed by atoms with Crippen LogP contribution in [0.5, 0.6) is 0 Å². The van der Waals surface area contributed by atoms with E-state index in [1.54, 1.807) is 0 Å². The molecular formula is C9H18O2. The summed E-state index contributed by atoms with van der Waals surface area (Å²) in [5.74, 6) is -0.408. The molecule has 11 heavy (non-hydrogen) atoms. The van der Waals surface area contributed by atoms with Gasteiger partial charge in [0.15, 0.2) is 0 Å². The van der Waals surface area contributed by atoms with Gasteiger partial charge in [0.25, 0.3) is 0 Å². The molecule has 0 aliphatic carbocycles. The van der Waals surface area contributed by atoms with Crippen molar-refractivity contribution in [2.24, 2.45) is 11.3 Å². The number of hydrogen-bond acceptors (Lipinski definition) is 1. The standard InChI is InChI=1S/C9H18O2/c1-7(5-8(10)11)6-9(2,3)4/h7H,5-6H2,1-4H3,(H,10,11)/t7-/m1/s1. The summed E-state index contributed by atoms with van der Waals surface area (Å²) in [7, 11) is 0. The smallest absolute Gasteiger partial charge is 0.303 e. The quantitative estimate of drug-likeness (QED) is 0.685. The van der Waals surface area contributed by atoms with E-state index in [4.69, 9.17) is 5.11 Å². The molecule has 1 atom stereocenters. The maximum Gasteiger partial charge on any atom is 0.303 e. The van der Waals surface area contributed by atoms with Gasteiger partial charge in [0.05, 0.1) is 0 Å². The van der Waals surface area contributed by atoms with Gasteiger partial charge in [0.2, 0.25) is 0 Å². The predicted molar refractivity (Wildman–Crippen MR) is 45.5 cm³/mol. The molecule has 0 saturated heterocycles. The second-order valence-electron chi connectivity index (χ2n) is 4.47. The molecular weight excluding hydrogens is 140 g/mol. The Morgan fingerprint density at radius 1 is 1.45 bits per heavy atom. The predicted octanol–water partition coefficient (Wildman–Crippen LogP) is 2.53. The maximum absolute atomic E-state index is 10.3. The van der Waals surface area contributed by atoms with Gasteiger partial charge >= 0.3 is 5.97 Å². The van der Waals surface area contributed by atoms with Crippen LogP contribution >= 0.6 is 0 Å². The van der Waals surface area contributed by atoms with Crippen LogP contribution in [-0.2, 0) is 4.79 Å². The zero-order valence-electron chi connectivity index (χ0n) is 7.85. The van der Waals surface area contributed by atoms with Crippen molar-refractivity contribution in [3.05, 3.63) is 0 Å². The Bertz CT molecular complexity index is 133. The maximum atomic E-state index is 10.3. The molecule has 0 unspecified atom stereocenters. The highest BCUT2D eigenvalue weighted by atomic mass is 16.4. The van der Waals surface area contributed by atoms with E-state index >= 15 is 0 Å². The molecule has 0 rings (SSSR count). The van der Waals surface area contributed by atoms with E-state index in [9.17, 15) is 4.79 Å². The largest absolute Gasteiger partial charge is 0.481 e. The summed E-state index contributed by atoms with van der Waals surface area (Å²) in [5, 5.41) is 8.48. The number of rotatable bonds is 3. The highest BCUT2D eigenvalue weighted by Gasteiger charge is 2.16. The van der Waals surface area contributed by atoms with Gasteiger partial charge in [-0.3, -0.25) is 4.79 Å². The third-order valence-electron chi connectivity index (χ3n) is 1.48. The molecule has 0 aromatic carbocycles. The molecule has 1 N–H and O–H groups in total. The van der Waals surface area contributed by atoms with E-state index in [2.05, 4.69) is 20.8 Å². The van der Waals surface area contributed by atoms with Crippen LogP contribution < -0.4 is 0 Å². The Labute approximate surface area is 68.6 Å². The second kappa shape index (κ2) is 3.74. The number of aliphatic carboxylic acids is 1. The summed E-state index contributed by atoms with van der Waals surface area (Å²) in [4.78, 5) is 10.3. The molecule has 66 valence electrons. The van der Waals surface area contributed by atoms with Crippen molar-refractivity contribution in [2.75, 3.05) is 0 Å². The summed E-state index contributed by atoms with van der Waals surface area (Å²) < 4.78 is 0. The van der Waals surface area contributed by atoms with Gasteiger partial charge in [0, 0.05) is 6.42 Å². The molecule has 2 nitrogen and oxygen atoms in total. The van der Waals surface area contributed by atoms with Gasteiger partial charge in [-0.2, -0.15) is 0 Å². The molecule has 0 aliphatic rings. The van der Waals surface area contributed by atoms with Crippen LogP contribution in [-0.4, -0.2) is 11.1 Å². The van der Waals surface area contributed by atoms with Crippen LogP contribution in [0.15, 0.2) is 0 Å². The van der Waals surface area contributed by atoms with Gasteiger partial charge in [0.1, 0.15) is 0 Å². The first kappa shape index (κ1) is 10.5. The van der Waals surface area contributed by atoms with Crippen molar-refractivity contribution < 1.29 is 9.90 Å². The van der Waals surface area contributed by atoms with Gasteiger partial charge in [-0.15, -0.1) is 0 Å². The molecule has 0 aromatic heterocycles. The van der Waals surface area contributed by atoms with E-state index in [0.29, 0.717) is 0 Å². The minimum absolute atomic E-state index is 0.245. The molecule has 0 amide bonds. The third kappa shape index (κ3) is 7.37. The van der Waals surface area contributed by atoms with Crippen molar-refractivity contribution in [3.63, 3.8) is 0 Å². The van der Waals surface area contributed by atoms with Crippen LogP contribution in [0, 0.1) is 11.3 Å². The first-order chi connectivity index (χ1) is 4.81. The topological polar surface area (TPSA) is 37.3 Å². The average molecular weight is 158 g/mol. The Morgan fingerprint density at radius 3 is 2.18 bits per heavy atom. The molecule has 0 radical (unpaired) electrons. The van der Waals surface area contributed by atoms with Crippen LogP contribution in [0.25, 0.3) is 0 Å². The Kier molecular flexibility index (Phi) is 3.56.